The molecule has 7 nitrogen and oxygen atoms in total. The van der Waals surface area contributed by atoms with Crippen molar-refractivity contribution in [2.24, 2.45) is 5.92 Å². The van der Waals surface area contributed by atoms with Crippen LogP contribution in [0, 0.1) is 12.8 Å². The SMILES string of the molecule is Cc1ccc(C(=O)O[C@H]2[C@@H](O)[C@H](OC(C)C)OC(C)(C)[C@@H]2CO)[nH]1. The third-order valence-electron chi connectivity index (χ3n) is 4.22. The molecule has 1 aliphatic rings. The van der Waals surface area contributed by atoms with Crippen molar-refractivity contribution >= 4 is 5.97 Å². The number of aliphatic hydroxyl groups is 2. The van der Waals surface area contributed by atoms with E-state index in [1.165, 1.54) is 0 Å². The number of aliphatic hydroxyl groups excluding tert-OH is 2. The van der Waals surface area contributed by atoms with Crippen molar-refractivity contribution < 1.29 is 29.2 Å². The number of aromatic amines is 1. The summed E-state index contributed by atoms with van der Waals surface area (Å²) in [5.41, 5.74) is 0.293. The number of carbonyl (C=O) groups is 1. The fraction of sp³-hybridized carbons (Fsp3) is 0.706. The number of carbonyl (C=O) groups excluding carboxylic acids is 1. The molecule has 1 aromatic rings. The maximum Gasteiger partial charge on any atom is 0.355 e. The molecule has 7 heteroatoms. The first-order valence-corrected chi connectivity index (χ1v) is 8.14. The number of nitrogens with one attached hydrogen (secondary N) is 1. The minimum absolute atomic E-state index is 0.173. The van der Waals surface area contributed by atoms with Crippen LogP contribution in [0.1, 0.15) is 43.9 Å². The molecule has 0 aromatic carbocycles. The zero-order chi connectivity index (χ0) is 18.1. The second-order valence-electron chi connectivity index (χ2n) is 6.98. The monoisotopic (exact) mass is 341 g/mol. The zero-order valence-corrected chi connectivity index (χ0v) is 14.8. The summed E-state index contributed by atoms with van der Waals surface area (Å²) >= 11 is 0. The first-order valence-electron chi connectivity index (χ1n) is 8.14. The molecule has 24 heavy (non-hydrogen) atoms. The number of H-pyrrole nitrogens is 1. The van der Waals surface area contributed by atoms with E-state index in [-0.39, 0.29) is 12.7 Å². The Balaban J connectivity index is 2.23. The molecule has 0 bridgehead atoms. The highest BCUT2D eigenvalue weighted by Crippen LogP contribution is 2.37. The van der Waals surface area contributed by atoms with Crippen LogP contribution in [0.5, 0.6) is 0 Å². The normalized spacial score (nSPS) is 29.7. The van der Waals surface area contributed by atoms with Gasteiger partial charge in [0, 0.05) is 5.69 Å². The Morgan fingerprint density at radius 2 is 2.08 bits per heavy atom. The lowest BCUT2D eigenvalue weighted by Crippen LogP contribution is -2.62. The molecule has 0 radical (unpaired) electrons. The number of rotatable bonds is 5. The molecule has 3 N–H and O–H groups in total. The van der Waals surface area contributed by atoms with Gasteiger partial charge >= 0.3 is 5.97 Å². The van der Waals surface area contributed by atoms with Crippen LogP contribution in [0.4, 0.5) is 0 Å². The molecular formula is C17H27NO6. The molecule has 2 rings (SSSR count). The Morgan fingerprint density at radius 3 is 2.58 bits per heavy atom. The standard InChI is InChI=1S/C17H27NO6/c1-9(2)22-16-13(20)14(11(8-19)17(4,5)24-16)23-15(21)12-7-6-10(3)18-12/h6-7,9,11,13-14,16,18-20H,8H2,1-5H3/t11-,13-,14-,16-/m1/s1. The number of hydrogen-bond acceptors (Lipinski definition) is 6. The highest BCUT2D eigenvalue weighted by molar-refractivity contribution is 5.87. The third-order valence-corrected chi connectivity index (χ3v) is 4.22. The number of aryl methyl sites for hydroxylation is 1. The van der Waals surface area contributed by atoms with E-state index in [1.54, 1.807) is 26.0 Å². The van der Waals surface area contributed by atoms with Crippen LogP contribution in [0.3, 0.4) is 0 Å². The van der Waals surface area contributed by atoms with Gasteiger partial charge in [0.25, 0.3) is 0 Å². The molecule has 1 saturated heterocycles. The van der Waals surface area contributed by atoms with E-state index in [1.807, 2.05) is 20.8 Å². The number of aromatic nitrogens is 1. The van der Waals surface area contributed by atoms with Crippen molar-refractivity contribution in [3.05, 3.63) is 23.5 Å². The van der Waals surface area contributed by atoms with Crippen molar-refractivity contribution in [2.45, 2.75) is 64.8 Å². The van der Waals surface area contributed by atoms with Gasteiger partial charge in [-0.3, -0.25) is 0 Å². The summed E-state index contributed by atoms with van der Waals surface area (Å²) in [6, 6.07) is 3.37. The van der Waals surface area contributed by atoms with Gasteiger partial charge in [-0.15, -0.1) is 0 Å². The van der Waals surface area contributed by atoms with Gasteiger partial charge in [0.05, 0.1) is 24.2 Å². The Labute approximate surface area is 141 Å². The average Bonchev–Trinajstić information content (AvgIpc) is 2.90. The van der Waals surface area contributed by atoms with Crippen LogP contribution in [0.25, 0.3) is 0 Å². The summed E-state index contributed by atoms with van der Waals surface area (Å²) < 4.78 is 16.9. The maximum atomic E-state index is 12.3. The van der Waals surface area contributed by atoms with Gasteiger partial charge in [0.2, 0.25) is 0 Å². The predicted molar refractivity (Wildman–Crippen MR) is 86.5 cm³/mol. The fourth-order valence-corrected chi connectivity index (χ4v) is 2.91. The highest BCUT2D eigenvalue weighted by Gasteiger charge is 2.52. The maximum absolute atomic E-state index is 12.3. The summed E-state index contributed by atoms with van der Waals surface area (Å²) in [6.45, 7) is 8.73. The van der Waals surface area contributed by atoms with Crippen molar-refractivity contribution in [1.82, 2.24) is 4.98 Å². The molecular weight excluding hydrogens is 314 g/mol. The van der Waals surface area contributed by atoms with Crippen LogP contribution in [-0.2, 0) is 14.2 Å². The van der Waals surface area contributed by atoms with Crippen molar-refractivity contribution in [3.8, 4) is 0 Å². The minimum Gasteiger partial charge on any atom is -0.454 e. The topological polar surface area (TPSA) is 101 Å². The lowest BCUT2D eigenvalue weighted by atomic mass is 9.81. The summed E-state index contributed by atoms with van der Waals surface area (Å²) in [4.78, 5) is 15.2. The summed E-state index contributed by atoms with van der Waals surface area (Å²) in [6.07, 6.45) is -3.25. The van der Waals surface area contributed by atoms with Gasteiger partial charge in [-0.1, -0.05) is 0 Å². The Morgan fingerprint density at radius 1 is 1.42 bits per heavy atom. The predicted octanol–water partition coefficient (Wildman–Crippen LogP) is 1.38. The van der Waals surface area contributed by atoms with Crippen LogP contribution >= 0.6 is 0 Å². The van der Waals surface area contributed by atoms with E-state index in [0.29, 0.717) is 5.69 Å². The van der Waals surface area contributed by atoms with Gasteiger partial charge in [0.1, 0.15) is 17.9 Å². The number of hydrogen-bond donors (Lipinski definition) is 3. The van der Waals surface area contributed by atoms with E-state index in [2.05, 4.69) is 4.98 Å². The third kappa shape index (κ3) is 3.97. The van der Waals surface area contributed by atoms with Gasteiger partial charge in [-0.05, 0) is 46.8 Å². The van der Waals surface area contributed by atoms with Crippen LogP contribution < -0.4 is 0 Å². The van der Waals surface area contributed by atoms with Crippen LogP contribution in [0.2, 0.25) is 0 Å². The molecule has 0 spiro atoms. The van der Waals surface area contributed by atoms with Crippen molar-refractivity contribution in [3.63, 3.8) is 0 Å². The molecule has 0 aliphatic carbocycles. The van der Waals surface area contributed by atoms with Crippen molar-refractivity contribution in [1.29, 1.82) is 0 Å². The molecule has 2 heterocycles. The quantitative estimate of drug-likeness (QED) is 0.700. The molecule has 1 aromatic heterocycles. The number of esters is 1. The molecule has 4 atom stereocenters. The molecule has 0 amide bonds. The molecule has 136 valence electrons. The summed E-state index contributed by atoms with van der Waals surface area (Å²) in [5.74, 6) is -1.17. The summed E-state index contributed by atoms with van der Waals surface area (Å²) in [7, 11) is 0. The summed E-state index contributed by atoms with van der Waals surface area (Å²) in [5, 5.41) is 20.3. The molecule has 0 saturated carbocycles. The Hall–Kier alpha value is -1.41. The van der Waals surface area contributed by atoms with E-state index in [4.69, 9.17) is 14.2 Å². The molecule has 1 fully saturated rings. The fourth-order valence-electron chi connectivity index (χ4n) is 2.91. The first kappa shape index (κ1) is 18.9. The zero-order valence-electron chi connectivity index (χ0n) is 14.8. The highest BCUT2D eigenvalue weighted by atomic mass is 16.7. The van der Waals surface area contributed by atoms with E-state index < -0.39 is 36.0 Å². The smallest absolute Gasteiger partial charge is 0.355 e. The lowest BCUT2D eigenvalue weighted by molar-refractivity contribution is -0.321. The molecule has 0 unspecified atom stereocenters. The Kier molecular flexibility index (Phi) is 5.70. The van der Waals surface area contributed by atoms with Crippen LogP contribution in [0.15, 0.2) is 12.1 Å². The second-order valence-corrected chi connectivity index (χ2v) is 6.98. The van der Waals surface area contributed by atoms with E-state index >= 15 is 0 Å². The number of ether oxygens (including phenoxy) is 3. The Bertz CT molecular complexity index is 567. The van der Waals surface area contributed by atoms with E-state index in [9.17, 15) is 15.0 Å². The van der Waals surface area contributed by atoms with Crippen molar-refractivity contribution in [2.75, 3.05) is 6.61 Å². The average molecular weight is 341 g/mol. The second kappa shape index (κ2) is 7.23. The van der Waals surface area contributed by atoms with Gasteiger partial charge in [0.15, 0.2) is 6.29 Å². The van der Waals surface area contributed by atoms with Gasteiger partial charge in [-0.25, -0.2) is 4.79 Å². The van der Waals surface area contributed by atoms with Gasteiger partial charge < -0.3 is 29.4 Å². The van der Waals surface area contributed by atoms with E-state index in [0.717, 1.165) is 5.69 Å². The largest absolute Gasteiger partial charge is 0.454 e. The first-order chi connectivity index (χ1) is 11.2. The minimum atomic E-state index is -1.20. The lowest BCUT2D eigenvalue weighted by Gasteiger charge is -2.48. The molecule has 1 aliphatic heterocycles. The van der Waals surface area contributed by atoms with Crippen LogP contribution in [-0.4, -0.2) is 58.0 Å². The van der Waals surface area contributed by atoms with Gasteiger partial charge in [-0.2, -0.15) is 0 Å².